The number of allylic oxidation sites excluding steroid dienone is 2. The summed E-state index contributed by atoms with van der Waals surface area (Å²) in [6.07, 6.45) is 11.6. The van der Waals surface area contributed by atoms with Crippen LogP contribution in [0.4, 0.5) is 0 Å². The maximum absolute atomic E-state index is 14.5. The second-order valence-electron chi connectivity index (χ2n) is 16.4. The molecule has 2 N–H and O–H groups in total. The van der Waals surface area contributed by atoms with E-state index in [2.05, 4.69) is 46.9 Å². The van der Waals surface area contributed by atoms with E-state index in [9.17, 15) is 19.6 Å². The van der Waals surface area contributed by atoms with Crippen molar-refractivity contribution in [1.82, 2.24) is 10.4 Å². The van der Waals surface area contributed by atoms with Crippen LogP contribution in [0.5, 0.6) is 0 Å². The minimum Gasteiger partial charge on any atom is -0.351 e. The van der Waals surface area contributed by atoms with Gasteiger partial charge in [0.2, 0.25) is 5.91 Å². The van der Waals surface area contributed by atoms with Crippen LogP contribution in [-0.4, -0.2) is 39.4 Å². The predicted octanol–water partition coefficient (Wildman–Crippen LogP) is 6.22. The van der Waals surface area contributed by atoms with Crippen molar-refractivity contribution in [1.29, 1.82) is 0 Å². The second-order valence-corrected chi connectivity index (χ2v) is 16.4. The van der Waals surface area contributed by atoms with Gasteiger partial charge >= 0.3 is 0 Å². The summed E-state index contributed by atoms with van der Waals surface area (Å²) in [6.45, 7) is 15.8. The van der Waals surface area contributed by atoms with E-state index < -0.39 is 5.41 Å². The van der Waals surface area contributed by atoms with Crippen LogP contribution in [0.2, 0.25) is 0 Å². The van der Waals surface area contributed by atoms with E-state index in [1.165, 1.54) is 5.57 Å². The number of nitrogens with zero attached hydrogens (tertiary/aromatic N) is 1. The maximum Gasteiger partial charge on any atom is 0.252 e. The van der Waals surface area contributed by atoms with E-state index in [4.69, 9.17) is 0 Å². The van der Waals surface area contributed by atoms with Gasteiger partial charge in [0.15, 0.2) is 5.78 Å². The van der Waals surface area contributed by atoms with Gasteiger partial charge in [-0.1, -0.05) is 40.2 Å². The Labute approximate surface area is 234 Å². The lowest BCUT2D eigenvalue weighted by Crippen LogP contribution is -2.66. The van der Waals surface area contributed by atoms with Gasteiger partial charge in [0.05, 0.1) is 6.04 Å². The van der Waals surface area contributed by atoms with Gasteiger partial charge in [0.25, 0.3) is 5.91 Å². The molecule has 0 aromatic heterocycles. The Bertz CT molecular complexity index is 1160. The van der Waals surface area contributed by atoms with Crippen molar-refractivity contribution in [2.24, 2.45) is 44.8 Å². The van der Waals surface area contributed by atoms with E-state index in [0.717, 1.165) is 62.9 Å². The molecule has 0 spiro atoms. The molecule has 0 aromatic carbocycles. The number of hydroxylamine groups is 2. The zero-order chi connectivity index (χ0) is 28.4. The largest absolute Gasteiger partial charge is 0.351 e. The molecule has 0 aromatic rings. The zero-order valence-corrected chi connectivity index (χ0v) is 25.3. The molecule has 1 heterocycles. The Morgan fingerprint density at radius 1 is 0.923 bits per heavy atom. The van der Waals surface area contributed by atoms with E-state index >= 15 is 0 Å². The lowest BCUT2D eigenvalue weighted by atomic mass is 9.35. The summed E-state index contributed by atoms with van der Waals surface area (Å²) < 4.78 is 0. The molecule has 5 aliphatic carbocycles. The molecule has 4 saturated carbocycles. The topological polar surface area (TPSA) is 86.7 Å². The highest BCUT2D eigenvalue weighted by molar-refractivity contribution is 5.96. The van der Waals surface area contributed by atoms with Crippen LogP contribution < -0.4 is 5.32 Å². The number of nitrogens with one attached hydrogen (secondary N) is 1. The lowest BCUT2D eigenvalue weighted by Gasteiger charge is -2.69. The Morgan fingerprint density at radius 3 is 2.26 bits per heavy atom. The molecule has 2 amide bonds. The van der Waals surface area contributed by atoms with E-state index in [-0.39, 0.29) is 68.6 Å². The zero-order valence-electron chi connectivity index (χ0n) is 25.3. The Hall–Kier alpha value is -1.69. The summed E-state index contributed by atoms with van der Waals surface area (Å²) in [4.78, 5) is 40.8. The summed E-state index contributed by atoms with van der Waals surface area (Å²) in [6, 6.07) is -0.0180. The molecule has 6 nitrogen and oxygen atoms in total. The molecule has 0 radical (unpaired) electrons. The standard InChI is InChI=1S/C33H50N2O4/c1-28(2)24-10-13-33(7)26(31(24,5)12-11-25(37)34-28)23(36)18-21-22-19-30(4,27(38)35(39)20-8-9-20)15-14-29(22,3)16-17-32(21,33)6/h18,20,22,24,26,39H,8-17,19H2,1-7H3,(H,34,37)/t22-,24-,26+,29+,30-,31-,32+,33+/m0/s1. The molecule has 1 aliphatic heterocycles. The Balaban J connectivity index is 1.41. The molecular weight excluding hydrogens is 488 g/mol. The van der Waals surface area contributed by atoms with Crippen molar-refractivity contribution in [3.8, 4) is 0 Å². The number of hydrogen-bond donors (Lipinski definition) is 2. The van der Waals surface area contributed by atoms with Crippen LogP contribution in [0.3, 0.4) is 0 Å². The summed E-state index contributed by atoms with van der Waals surface area (Å²) in [7, 11) is 0. The van der Waals surface area contributed by atoms with Crippen LogP contribution in [-0.2, 0) is 14.4 Å². The van der Waals surface area contributed by atoms with Crippen LogP contribution in [0.15, 0.2) is 11.6 Å². The molecule has 8 atom stereocenters. The Kier molecular flexibility index (Phi) is 5.78. The predicted molar refractivity (Wildman–Crippen MR) is 150 cm³/mol. The van der Waals surface area contributed by atoms with Gasteiger partial charge in [0, 0.05) is 23.3 Å². The highest BCUT2D eigenvalue weighted by Gasteiger charge is 2.69. The van der Waals surface area contributed by atoms with Gasteiger partial charge < -0.3 is 5.32 Å². The fourth-order valence-electron chi connectivity index (χ4n) is 10.9. The SMILES string of the molecule is CC1(C)NC(=O)CC[C@]2(C)[C@H]3C(=O)C=C4[C@@H]5C[C@@](C)(C(=O)N(O)C6CC6)CC[C@]5(C)CC[C@@]4(C)[C@]3(C)CC[C@@H]12. The summed E-state index contributed by atoms with van der Waals surface area (Å²) in [5.74, 6) is 0.510. The van der Waals surface area contributed by atoms with Gasteiger partial charge in [0.1, 0.15) is 0 Å². The molecule has 1 saturated heterocycles. The number of amides is 2. The third-order valence-electron chi connectivity index (χ3n) is 13.7. The van der Waals surface area contributed by atoms with E-state index in [1.54, 1.807) is 0 Å². The van der Waals surface area contributed by atoms with Crippen molar-refractivity contribution in [2.75, 3.05) is 0 Å². The molecule has 5 fully saturated rings. The minimum atomic E-state index is -0.609. The lowest BCUT2D eigenvalue weighted by molar-refractivity contribution is -0.187. The van der Waals surface area contributed by atoms with Gasteiger partial charge in [-0.2, -0.15) is 0 Å². The average molecular weight is 539 g/mol. The average Bonchev–Trinajstić information content (AvgIpc) is 3.70. The number of ketones is 1. The van der Waals surface area contributed by atoms with Crippen molar-refractivity contribution in [3.63, 3.8) is 0 Å². The molecule has 216 valence electrons. The maximum atomic E-state index is 14.5. The summed E-state index contributed by atoms with van der Waals surface area (Å²) in [5, 5.41) is 15.0. The molecule has 6 heteroatoms. The molecule has 39 heavy (non-hydrogen) atoms. The first kappa shape index (κ1) is 27.5. The number of carbonyl (C=O) groups excluding carboxylic acids is 3. The number of rotatable bonds is 2. The third-order valence-corrected chi connectivity index (χ3v) is 13.7. The highest BCUT2D eigenvalue weighted by Crippen LogP contribution is 2.74. The van der Waals surface area contributed by atoms with Crippen molar-refractivity contribution in [2.45, 2.75) is 131 Å². The van der Waals surface area contributed by atoms with Crippen LogP contribution in [0.25, 0.3) is 0 Å². The number of hydrogen-bond acceptors (Lipinski definition) is 4. The van der Waals surface area contributed by atoms with Crippen molar-refractivity contribution in [3.05, 3.63) is 11.6 Å². The molecular formula is C33H50N2O4. The molecule has 6 rings (SSSR count). The van der Waals surface area contributed by atoms with Gasteiger partial charge in [-0.25, -0.2) is 5.06 Å². The van der Waals surface area contributed by atoms with Crippen molar-refractivity contribution < 1.29 is 19.6 Å². The van der Waals surface area contributed by atoms with Gasteiger partial charge in [-0.15, -0.1) is 0 Å². The number of fused-ring (bicyclic) bond motifs is 7. The highest BCUT2D eigenvalue weighted by atomic mass is 16.5. The third kappa shape index (κ3) is 3.64. The monoisotopic (exact) mass is 538 g/mol. The summed E-state index contributed by atoms with van der Waals surface area (Å²) in [5.41, 5.74) is -0.189. The molecule has 0 bridgehead atoms. The Morgan fingerprint density at radius 2 is 1.59 bits per heavy atom. The van der Waals surface area contributed by atoms with Crippen LogP contribution in [0.1, 0.15) is 119 Å². The normalized spacial score (nSPS) is 48.8. The van der Waals surface area contributed by atoms with Crippen molar-refractivity contribution >= 4 is 17.6 Å². The number of carbonyl (C=O) groups is 3. The summed E-state index contributed by atoms with van der Waals surface area (Å²) >= 11 is 0. The van der Waals surface area contributed by atoms with Crippen LogP contribution in [0, 0.1) is 44.8 Å². The fraction of sp³-hybridized carbons (Fsp3) is 0.848. The van der Waals surface area contributed by atoms with Gasteiger partial charge in [-0.05, 0) is 118 Å². The second kappa shape index (κ2) is 8.20. The first-order valence-electron chi connectivity index (χ1n) is 15.6. The van der Waals surface area contributed by atoms with Crippen LogP contribution >= 0.6 is 0 Å². The van der Waals surface area contributed by atoms with E-state index in [1.807, 2.05) is 13.0 Å². The molecule has 0 unspecified atom stereocenters. The first-order valence-corrected chi connectivity index (χ1v) is 15.6. The fourth-order valence-corrected chi connectivity index (χ4v) is 10.9. The van der Waals surface area contributed by atoms with E-state index in [0.29, 0.717) is 12.8 Å². The van der Waals surface area contributed by atoms with Gasteiger partial charge in [-0.3, -0.25) is 19.6 Å². The quantitative estimate of drug-likeness (QED) is 0.323. The smallest absolute Gasteiger partial charge is 0.252 e. The first-order chi connectivity index (χ1) is 18.0. The molecule has 6 aliphatic rings. The minimum absolute atomic E-state index is 0.0180.